The molecule has 0 radical (unpaired) electrons. The third-order valence-corrected chi connectivity index (χ3v) is 3.09. The van der Waals surface area contributed by atoms with Gasteiger partial charge in [-0.05, 0) is 31.2 Å². The lowest BCUT2D eigenvalue weighted by molar-refractivity contribution is -0.149. The zero-order chi connectivity index (χ0) is 18.9. The van der Waals surface area contributed by atoms with Crippen LogP contribution in [0.3, 0.4) is 0 Å². The van der Waals surface area contributed by atoms with Crippen molar-refractivity contribution in [1.29, 1.82) is 0 Å². The first kappa shape index (κ1) is 19.2. The molecule has 2 aromatic rings. The molecule has 0 aromatic heterocycles. The van der Waals surface area contributed by atoms with E-state index in [1.54, 1.807) is 24.3 Å². The number of para-hydroxylation sites is 3. The van der Waals surface area contributed by atoms with E-state index >= 15 is 0 Å². The van der Waals surface area contributed by atoms with Gasteiger partial charge in [0.1, 0.15) is 17.3 Å². The van der Waals surface area contributed by atoms with Crippen molar-refractivity contribution in [3.05, 3.63) is 54.1 Å². The molecule has 0 fully saturated rings. The average molecular weight is 365 g/mol. The molecule has 6 nitrogen and oxygen atoms in total. The van der Waals surface area contributed by atoms with Gasteiger partial charge in [-0.1, -0.05) is 18.2 Å². The lowest BCUT2D eigenvalue weighted by Gasteiger charge is -2.11. The zero-order valence-corrected chi connectivity index (χ0v) is 14.0. The van der Waals surface area contributed by atoms with Crippen molar-refractivity contribution in [3.63, 3.8) is 0 Å². The maximum absolute atomic E-state index is 13.4. The summed E-state index contributed by atoms with van der Waals surface area (Å²) in [5, 5.41) is 2.01. The number of anilines is 1. The number of rotatable bonds is 8. The van der Waals surface area contributed by atoms with Crippen molar-refractivity contribution in [2.45, 2.75) is 6.92 Å². The number of hydrogen-bond acceptors (Lipinski definition) is 5. The molecule has 2 rings (SSSR count). The van der Waals surface area contributed by atoms with E-state index in [1.165, 1.54) is 0 Å². The SMILES string of the molecule is CCOc1ccccc1OCC(=O)OCC(=O)Nc1c(F)cccc1F. The normalized spacial score (nSPS) is 10.1. The topological polar surface area (TPSA) is 73.9 Å². The van der Waals surface area contributed by atoms with Crippen LogP contribution in [0.25, 0.3) is 0 Å². The van der Waals surface area contributed by atoms with Gasteiger partial charge in [0.05, 0.1) is 6.61 Å². The van der Waals surface area contributed by atoms with Crippen molar-refractivity contribution in [2.75, 3.05) is 25.1 Å². The Morgan fingerprint density at radius 1 is 0.923 bits per heavy atom. The fraction of sp³-hybridized carbons (Fsp3) is 0.222. The number of benzene rings is 2. The first-order chi connectivity index (χ1) is 12.5. The molecule has 138 valence electrons. The molecular formula is C18H17F2NO5. The van der Waals surface area contributed by atoms with Crippen LogP contribution in [0.4, 0.5) is 14.5 Å². The van der Waals surface area contributed by atoms with Gasteiger partial charge in [0, 0.05) is 0 Å². The van der Waals surface area contributed by atoms with Gasteiger partial charge in [-0.15, -0.1) is 0 Å². The number of hydrogen-bond donors (Lipinski definition) is 1. The third kappa shape index (κ3) is 5.44. The van der Waals surface area contributed by atoms with E-state index in [0.29, 0.717) is 18.1 Å². The Morgan fingerprint density at radius 3 is 2.15 bits per heavy atom. The number of esters is 1. The van der Waals surface area contributed by atoms with Crippen LogP contribution < -0.4 is 14.8 Å². The Hall–Kier alpha value is -3.16. The van der Waals surface area contributed by atoms with Crippen molar-refractivity contribution < 1.29 is 32.6 Å². The van der Waals surface area contributed by atoms with Gasteiger partial charge in [0.25, 0.3) is 5.91 Å². The Balaban J connectivity index is 1.81. The number of carbonyl (C=O) groups excluding carboxylic acids is 2. The van der Waals surface area contributed by atoms with Gasteiger partial charge in [-0.3, -0.25) is 4.79 Å². The Morgan fingerprint density at radius 2 is 1.54 bits per heavy atom. The molecule has 0 aliphatic carbocycles. The summed E-state index contributed by atoms with van der Waals surface area (Å²) < 4.78 is 42.2. The van der Waals surface area contributed by atoms with Crippen molar-refractivity contribution in [3.8, 4) is 11.5 Å². The largest absolute Gasteiger partial charge is 0.490 e. The summed E-state index contributed by atoms with van der Waals surface area (Å²) in [5.74, 6) is -2.74. The van der Waals surface area contributed by atoms with Crippen LogP contribution in [0, 0.1) is 11.6 Å². The molecule has 0 unspecified atom stereocenters. The molecule has 0 atom stereocenters. The van der Waals surface area contributed by atoms with Crippen molar-refractivity contribution in [1.82, 2.24) is 0 Å². The van der Waals surface area contributed by atoms with Gasteiger partial charge < -0.3 is 19.5 Å². The van der Waals surface area contributed by atoms with Crippen LogP contribution in [-0.2, 0) is 14.3 Å². The van der Waals surface area contributed by atoms with Gasteiger partial charge in [0.15, 0.2) is 24.7 Å². The molecule has 8 heteroatoms. The molecule has 0 bridgehead atoms. The first-order valence-electron chi connectivity index (χ1n) is 7.75. The fourth-order valence-corrected chi connectivity index (χ4v) is 1.96. The summed E-state index contributed by atoms with van der Waals surface area (Å²) >= 11 is 0. The smallest absolute Gasteiger partial charge is 0.344 e. The quantitative estimate of drug-likeness (QED) is 0.728. The van der Waals surface area contributed by atoms with E-state index in [0.717, 1.165) is 18.2 Å². The third-order valence-electron chi connectivity index (χ3n) is 3.09. The maximum Gasteiger partial charge on any atom is 0.344 e. The van der Waals surface area contributed by atoms with Gasteiger partial charge in [0.2, 0.25) is 0 Å². The zero-order valence-electron chi connectivity index (χ0n) is 14.0. The van der Waals surface area contributed by atoms with Crippen LogP contribution in [0.15, 0.2) is 42.5 Å². The number of halogens is 2. The minimum atomic E-state index is -0.930. The summed E-state index contributed by atoms with van der Waals surface area (Å²) in [6.07, 6.45) is 0. The van der Waals surface area contributed by atoms with E-state index in [2.05, 4.69) is 0 Å². The molecule has 1 amide bonds. The minimum absolute atomic E-state index is 0.351. The summed E-state index contributed by atoms with van der Waals surface area (Å²) in [7, 11) is 0. The molecule has 0 aliphatic rings. The second-order valence-electron chi connectivity index (χ2n) is 4.97. The Kier molecular flexibility index (Phi) is 6.90. The van der Waals surface area contributed by atoms with E-state index in [1.807, 2.05) is 12.2 Å². The highest BCUT2D eigenvalue weighted by atomic mass is 19.1. The number of amides is 1. The first-order valence-corrected chi connectivity index (χ1v) is 7.75. The highest BCUT2D eigenvalue weighted by Gasteiger charge is 2.14. The highest BCUT2D eigenvalue weighted by molar-refractivity contribution is 5.93. The number of carbonyl (C=O) groups is 2. The van der Waals surface area contributed by atoms with Crippen LogP contribution in [0.5, 0.6) is 11.5 Å². The monoisotopic (exact) mass is 365 g/mol. The molecule has 0 saturated heterocycles. The van der Waals surface area contributed by atoms with E-state index in [9.17, 15) is 18.4 Å². The molecule has 2 aromatic carbocycles. The maximum atomic E-state index is 13.4. The summed E-state index contributed by atoms with van der Waals surface area (Å²) in [6, 6.07) is 9.91. The van der Waals surface area contributed by atoms with Crippen LogP contribution in [0.2, 0.25) is 0 Å². The van der Waals surface area contributed by atoms with Gasteiger partial charge in [-0.2, -0.15) is 0 Å². The van der Waals surface area contributed by atoms with E-state index in [4.69, 9.17) is 14.2 Å². The average Bonchev–Trinajstić information content (AvgIpc) is 2.62. The number of ether oxygens (including phenoxy) is 3. The van der Waals surface area contributed by atoms with Crippen LogP contribution in [-0.4, -0.2) is 31.7 Å². The molecule has 26 heavy (non-hydrogen) atoms. The second kappa shape index (κ2) is 9.36. The lowest BCUT2D eigenvalue weighted by Crippen LogP contribution is -2.24. The predicted molar refractivity (Wildman–Crippen MR) is 89.1 cm³/mol. The summed E-state index contributed by atoms with van der Waals surface area (Å²) in [4.78, 5) is 23.3. The molecule has 0 saturated carbocycles. The van der Waals surface area contributed by atoms with Gasteiger partial charge >= 0.3 is 5.97 Å². The summed E-state index contributed by atoms with van der Waals surface area (Å²) in [5.41, 5.74) is -0.601. The minimum Gasteiger partial charge on any atom is -0.490 e. The molecule has 1 N–H and O–H groups in total. The Labute approximate surface area is 148 Å². The predicted octanol–water partition coefficient (Wildman–Crippen LogP) is 2.92. The Bertz CT molecular complexity index is 762. The van der Waals surface area contributed by atoms with Crippen molar-refractivity contribution >= 4 is 17.6 Å². The standard InChI is InChI=1S/C18H17F2NO5/c1-2-24-14-8-3-4-9-15(14)25-11-17(23)26-10-16(22)21-18-12(19)6-5-7-13(18)20/h3-9H,2,10-11H2,1H3,(H,21,22). The summed E-state index contributed by atoms with van der Waals surface area (Å²) in [6.45, 7) is 1.08. The fourth-order valence-electron chi connectivity index (χ4n) is 1.96. The van der Waals surface area contributed by atoms with Gasteiger partial charge in [-0.25, -0.2) is 13.6 Å². The molecule has 0 heterocycles. The second-order valence-corrected chi connectivity index (χ2v) is 4.97. The highest BCUT2D eigenvalue weighted by Crippen LogP contribution is 2.26. The van der Waals surface area contributed by atoms with Crippen molar-refractivity contribution in [2.24, 2.45) is 0 Å². The lowest BCUT2D eigenvalue weighted by atomic mass is 10.3. The van der Waals surface area contributed by atoms with E-state index in [-0.39, 0.29) is 0 Å². The molecular weight excluding hydrogens is 348 g/mol. The molecule has 0 aliphatic heterocycles. The molecule has 0 spiro atoms. The van der Waals surface area contributed by atoms with E-state index < -0.39 is 42.4 Å². The number of nitrogens with one attached hydrogen (secondary N) is 1. The van der Waals surface area contributed by atoms with Crippen LogP contribution in [0.1, 0.15) is 6.92 Å². The van der Waals surface area contributed by atoms with Crippen LogP contribution >= 0.6 is 0 Å².